The van der Waals surface area contributed by atoms with Crippen molar-refractivity contribution in [1.82, 2.24) is 24.1 Å². The van der Waals surface area contributed by atoms with E-state index in [1.165, 1.54) is 19.3 Å². The van der Waals surface area contributed by atoms with Crippen LogP contribution in [0.5, 0.6) is 0 Å². The maximum absolute atomic E-state index is 14.0. The van der Waals surface area contributed by atoms with Crippen molar-refractivity contribution in [3.63, 3.8) is 0 Å². The number of likely N-dealkylation sites (tertiary alicyclic amines) is 1. The van der Waals surface area contributed by atoms with Crippen LogP contribution in [0.2, 0.25) is 0 Å². The number of nitrogens with zero attached hydrogens (tertiary/aromatic N) is 5. The second-order valence-electron chi connectivity index (χ2n) is 12.2. The number of aromatic nitrogens is 2. The first-order chi connectivity index (χ1) is 17.1. The van der Waals surface area contributed by atoms with Crippen LogP contribution in [-0.2, 0) is 16.1 Å². The highest BCUT2D eigenvalue weighted by Gasteiger charge is 2.57. The van der Waals surface area contributed by atoms with Crippen molar-refractivity contribution in [2.45, 2.75) is 64.0 Å². The molecule has 6 aliphatic rings. The van der Waals surface area contributed by atoms with Gasteiger partial charge in [-0.3, -0.25) is 14.5 Å². The number of carbonyl (C=O) groups excluding carboxylic acids is 2. The Morgan fingerprint density at radius 3 is 2.34 bits per heavy atom. The number of amides is 2. The van der Waals surface area contributed by atoms with Gasteiger partial charge in [0.05, 0.1) is 11.1 Å². The largest absolute Gasteiger partial charge is 0.338 e. The average Bonchev–Trinajstić information content (AvgIpc) is 3.49. The number of carbonyl (C=O) groups is 2. The number of pyridine rings is 1. The molecule has 4 heterocycles. The van der Waals surface area contributed by atoms with Gasteiger partial charge >= 0.3 is 0 Å². The van der Waals surface area contributed by atoms with Crippen molar-refractivity contribution in [2.75, 3.05) is 32.7 Å². The Morgan fingerprint density at radius 1 is 0.943 bits per heavy atom. The lowest BCUT2D eigenvalue weighted by Crippen LogP contribution is -2.58. The van der Waals surface area contributed by atoms with Crippen LogP contribution < -0.4 is 0 Å². The molecule has 0 aromatic carbocycles. The second kappa shape index (κ2) is 8.32. The van der Waals surface area contributed by atoms with Crippen LogP contribution in [0.25, 0.3) is 5.65 Å². The molecule has 1 atom stereocenters. The van der Waals surface area contributed by atoms with E-state index in [1.54, 1.807) is 0 Å². The molecule has 0 radical (unpaired) electrons. The molecule has 2 aromatic heterocycles. The summed E-state index contributed by atoms with van der Waals surface area (Å²) in [4.78, 5) is 38.8. The zero-order valence-corrected chi connectivity index (χ0v) is 20.6. The quantitative estimate of drug-likeness (QED) is 0.682. The number of piperazine rings is 1. The molecule has 6 fully saturated rings. The first-order valence-electron chi connectivity index (χ1n) is 13.8. The molecule has 4 aliphatic carbocycles. The lowest BCUT2D eigenvalue weighted by atomic mass is 9.49. The predicted octanol–water partition coefficient (Wildman–Crippen LogP) is 3.19. The molecular weight excluding hydrogens is 438 g/mol. The van der Waals surface area contributed by atoms with Gasteiger partial charge in [-0.25, -0.2) is 4.98 Å². The van der Waals surface area contributed by atoms with Gasteiger partial charge in [0, 0.05) is 51.7 Å². The third kappa shape index (κ3) is 3.78. The fourth-order valence-electron chi connectivity index (χ4n) is 8.57. The first kappa shape index (κ1) is 21.8. The van der Waals surface area contributed by atoms with Gasteiger partial charge in [-0.15, -0.1) is 0 Å². The summed E-state index contributed by atoms with van der Waals surface area (Å²) in [6, 6.07) is 5.82. The Kier molecular flexibility index (Phi) is 5.19. The molecule has 8 rings (SSSR count). The van der Waals surface area contributed by atoms with Crippen molar-refractivity contribution < 1.29 is 9.59 Å². The SMILES string of the molecule is O=C(C1CCCN1C(=O)C12CC3CC(CC(C3)C1)C2)N1CCN(Cc2cn3ccccc3n2)CC1. The van der Waals surface area contributed by atoms with Gasteiger partial charge in [0.15, 0.2) is 0 Å². The summed E-state index contributed by atoms with van der Waals surface area (Å²) in [7, 11) is 0. The van der Waals surface area contributed by atoms with Crippen molar-refractivity contribution >= 4 is 17.5 Å². The summed E-state index contributed by atoms with van der Waals surface area (Å²) < 4.78 is 2.06. The Hall–Kier alpha value is -2.41. The molecule has 35 heavy (non-hydrogen) atoms. The van der Waals surface area contributed by atoms with E-state index < -0.39 is 0 Å². The van der Waals surface area contributed by atoms with Crippen LogP contribution in [0.1, 0.15) is 57.1 Å². The lowest BCUT2D eigenvalue weighted by molar-refractivity contribution is -0.162. The fraction of sp³-hybridized carbons (Fsp3) is 0.679. The molecule has 4 bridgehead atoms. The molecule has 4 saturated carbocycles. The van der Waals surface area contributed by atoms with E-state index >= 15 is 0 Å². The molecule has 2 aromatic rings. The van der Waals surface area contributed by atoms with E-state index in [2.05, 4.69) is 15.5 Å². The van der Waals surface area contributed by atoms with Gasteiger partial charge in [-0.2, -0.15) is 0 Å². The van der Waals surface area contributed by atoms with Gasteiger partial charge in [-0.05, 0) is 81.3 Å². The van der Waals surface area contributed by atoms with Gasteiger partial charge in [-0.1, -0.05) is 6.07 Å². The topological polar surface area (TPSA) is 61.2 Å². The van der Waals surface area contributed by atoms with Crippen molar-refractivity contribution in [3.8, 4) is 0 Å². The van der Waals surface area contributed by atoms with E-state index in [0.717, 1.165) is 100 Å². The molecule has 0 N–H and O–H groups in total. The van der Waals surface area contributed by atoms with E-state index in [1.807, 2.05) is 34.2 Å². The third-order valence-electron chi connectivity index (χ3n) is 9.77. The normalized spacial score (nSPS) is 34.7. The van der Waals surface area contributed by atoms with Crippen molar-refractivity contribution in [3.05, 3.63) is 36.3 Å². The molecule has 1 unspecified atom stereocenters. The average molecular weight is 476 g/mol. The monoisotopic (exact) mass is 475 g/mol. The maximum Gasteiger partial charge on any atom is 0.245 e. The number of hydrogen-bond acceptors (Lipinski definition) is 4. The Bertz CT molecular complexity index is 1070. The standard InChI is InChI=1S/C28H37N5O2/c34-26(31-10-8-30(9-11-31)18-23-19-32-6-2-1-5-25(32)29-23)24-4-3-7-33(24)27(35)28-15-20-12-21(16-28)14-22(13-20)17-28/h1-2,5-6,19-22,24H,3-4,7-18H2. The highest BCUT2D eigenvalue weighted by molar-refractivity contribution is 5.91. The van der Waals surface area contributed by atoms with Gasteiger partial charge in [0.25, 0.3) is 0 Å². The molecule has 7 nitrogen and oxygen atoms in total. The number of fused-ring (bicyclic) bond motifs is 1. The molecule has 2 amide bonds. The van der Waals surface area contributed by atoms with E-state index in [9.17, 15) is 9.59 Å². The fourth-order valence-corrected chi connectivity index (χ4v) is 8.57. The Labute approximate surface area is 207 Å². The zero-order chi connectivity index (χ0) is 23.6. The second-order valence-corrected chi connectivity index (χ2v) is 12.2. The van der Waals surface area contributed by atoms with Crippen LogP contribution in [-0.4, -0.2) is 74.7 Å². The van der Waals surface area contributed by atoms with Crippen LogP contribution in [0.3, 0.4) is 0 Å². The minimum atomic E-state index is -0.236. The molecule has 186 valence electrons. The smallest absolute Gasteiger partial charge is 0.245 e. The molecule has 2 saturated heterocycles. The summed E-state index contributed by atoms with van der Waals surface area (Å²) >= 11 is 0. The summed E-state index contributed by atoms with van der Waals surface area (Å²) in [6.45, 7) is 4.77. The molecular formula is C28H37N5O2. The molecule has 0 spiro atoms. The highest BCUT2D eigenvalue weighted by Crippen LogP contribution is 2.60. The molecule has 2 aliphatic heterocycles. The van der Waals surface area contributed by atoms with E-state index in [0.29, 0.717) is 5.91 Å². The van der Waals surface area contributed by atoms with Crippen LogP contribution in [0, 0.1) is 23.2 Å². The van der Waals surface area contributed by atoms with Crippen LogP contribution in [0.4, 0.5) is 0 Å². The van der Waals surface area contributed by atoms with E-state index in [-0.39, 0.29) is 17.4 Å². The van der Waals surface area contributed by atoms with Crippen molar-refractivity contribution in [2.24, 2.45) is 23.2 Å². The zero-order valence-electron chi connectivity index (χ0n) is 20.6. The Balaban J connectivity index is 0.988. The molecule has 7 heteroatoms. The number of rotatable bonds is 4. The van der Waals surface area contributed by atoms with Gasteiger partial charge in [0.1, 0.15) is 11.7 Å². The van der Waals surface area contributed by atoms with Crippen LogP contribution in [0.15, 0.2) is 30.6 Å². The number of imidazole rings is 1. The van der Waals surface area contributed by atoms with Gasteiger partial charge < -0.3 is 14.2 Å². The van der Waals surface area contributed by atoms with E-state index in [4.69, 9.17) is 4.98 Å². The Morgan fingerprint density at radius 2 is 1.66 bits per heavy atom. The highest BCUT2D eigenvalue weighted by atomic mass is 16.2. The predicted molar refractivity (Wildman–Crippen MR) is 132 cm³/mol. The summed E-state index contributed by atoms with van der Waals surface area (Å²) in [5.41, 5.74) is 1.89. The minimum absolute atomic E-state index is 0.148. The maximum atomic E-state index is 14.0. The summed E-state index contributed by atoms with van der Waals surface area (Å²) in [5, 5.41) is 0. The minimum Gasteiger partial charge on any atom is -0.338 e. The lowest BCUT2D eigenvalue weighted by Gasteiger charge is -2.56. The third-order valence-corrected chi connectivity index (χ3v) is 9.77. The van der Waals surface area contributed by atoms with Crippen LogP contribution >= 0.6 is 0 Å². The summed E-state index contributed by atoms with van der Waals surface area (Å²) in [6.07, 6.45) is 13.2. The van der Waals surface area contributed by atoms with Gasteiger partial charge in [0.2, 0.25) is 11.8 Å². The first-order valence-corrected chi connectivity index (χ1v) is 13.8. The number of hydrogen-bond donors (Lipinski definition) is 0. The van der Waals surface area contributed by atoms with Crippen molar-refractivity contribution in [1.29, 1.82) is 0 Å². The summed E-state index contributed by atoms with van der Waals surface area (Å²) in [5.74, 6) is 2.78.